The van der Waals surface area contributed by atoms with Crippen LogP contribution >= 0.6 is 0 Å². The molecule has 21 heavy (non-hydrogen) atoms. The fourth-order valence-electron chi connectivity index (χ4n) is 1.56. The summed E-state index contributed by atoms with van der Waals surface area (Å²) in [5, 5.41) is 6.25. The van der Waals surface area contributed by atoms with E-state index in [0.717, 1.165) is 13.0 Å². The largest absolute Gasteiger partial charge is 0.461 e. The van der Waals surface area contributed by atoms with Crippen LogP contribution in [0.5, 0.6) is 6.01 Å². The Hall–Kier alpha value is -1.44. The number of nitrogens with one attached hydrogen (secondary N) is 2. The second-order valence-corrected chi connectivity index (χ2v) is 6.63. The third-order valence-corrected chi connectivity index (χ3v) is 3.32. The third-order valence-electron chi connectivity index (χ3n) is 2.50. The second-order valence-electron chi connectivity index (χ2n) is 5.07. The molecule has 7 nitrogen and oxygen atoms in total. The Bertz CT molecular complexity index is 470. The van der Waals surface area contributed by atoms with E-state index in [4.69, 9.17) is 4.74 Å². The number of nitrogens with zero attached hydrogens (tertiary/aromatic N) is 3. The lowest BCUT2D eigenvalue weighted by molar-refractivity contribution is 0.222. The van der Waals surface area contributed by atoms with E-state index in [1.165, 1.54) is 0 Å². The fraction of sp³-hybridized carbons (Fsp3) is 0.769. The molecule has 8 heteroatoms. The summed E-state index contributed by atoms with van der Waals surface area (Å²) >= 11 is 0. The lowest BCUT2D eigenvalue weighted by Crippen LogP contribution is -2.21. The van der Waals surface area contributed by atoms with Crippen molar-refractivity contribution in [2.75, 3.05) is 29.2 Å². The van der Waals surface area contributed by atoms with Gasteiger partial charge in [0, 0.05) is 35.4 Å². The molecular formula is C13H25N5O2S. The molecule has 120 valence electrons. The first-order valence-corrected chi connectivity index (χ1v) is 8.86. The molecule has 0 amide bonds. The zero-order valence-electron chi connectivity index (χ0n) is 13.3. The van der Waals surface area contributed by atoms with Crippen LogP contribution in [0.2, 0.25) is 0 Å². The highest BCUT2D eigenvalue weighted by atomic mass is 32.2. The number of hydrogen-bond donors (Lipinski definition) is 2. The monoisotopic (exact) mass is 315 g/mol. The highest BCUT2D eigenvalue weighted by Crippen LogP contribution is 2.13. The van der Waals surface area contributed by atoms with Gasteiger partial charge in [-0.05, 0) is 34.1 Å². The Balaban J connectivity index is 2.78. The minimum Gasteiger partial charge on any atom is -0.461 e. The maximum absolute atomic E-state index is 11.1. The molecule has 2 atom stereocenters. The highest BCUT2D eigenvalue weighted by molar-refractivity contribution is 7.84. The molecule has 0 aliphatic carbocycles. The maximum atomic E-state index is 11.1. The number of anilines is 2. The van der Waals surface area contributed by atoms with E-state index in [-0.39, 0.29) is 12.1 Å². The van der Waals surface area contributed by atoms with Gasteiger partial charge in [0.15, 0.2) is 0 Å². The first-order chi connectivity index (χ1) is 9.90. The van der Waals surface area contributed by atoms with Gasteiger partial charge in [-0.25, -0.2) is 0 Å². The average Bonchev–Trinajstić information content (AvgIpc) is 2.35. The molecule has 1 heterocycles. The summed E-state index contributed by atoms with van der Waals surface area (Å²) in [7, 11) is -0.794. The molecule has 0 spiro atoms. The standard InChI is InChI=1S/C13H25N5O2S/c1-6-14-11-16-12(15-10(4)7-8-21(5)19)18-13(17-11)20-9(2)3/h9-10H,6-8H2,1-5H3,(H2,14,15,16,17,18). The van der Waals surface area contributed by atoms with Gasteiger partial charge >= 0.3 is 6.01 Å². The van der Waals surface area contributed by atoms with Gasteiger partial charge in [0.2, 0.25) is 11.9 Å². The SMILES string of the molecule is CCNc1nc(NC(C)CCS(C)=O)nc(OC(C)C)n1. The summed E-state index contributed by atoms with van der Waals surface area (Å²) in [5.41, 5.74) is 0. The van der Waals surface area contributed by atoms with Crippen molar-refractivity contribution in [1.82, 2.24) is 15.0 Å². The van der Waals surface area contributed by atoms with Crippen molar-refractivity contribution in [3.63, 3.8) is 0 Å². The van der Waals surface area contributed by atoms with Crippen molar-refractivity contribution < 1.29 is 8.95 Å². The van der Waals surface area contributed by atoms with Gasteiger partial charge in [0.25, 0.3) is 0 Å². The van der Waals surface area contributed by atoms with Gasteiger partial charge in [-0.1, -0.05) is 0 Å². The molecule has 2 unspecified atom stereocenters. The first-order valence-electron chi connectivity index (χ1n) is 7.13. The molecule has 1 aromatic heterocycles. The maximum Gasteiger partial charge on any atom is 0.323 e. The van der Waals surface area contributed by atoms with E-state index in [9.17, 15) is 4.21 Å². The van der Waals surface area contributed by atoms with Crippen LogP contribution in [0.1, 0.15) is 34.1 Å². The molecular weight excluding hydrogens is 290 g/mol. The van der Waals surface area contributed by atoms with Crippen LogP contribution in [0.3, 0.4) is 0 Å². The van der Waals surface area contributed by atoms with Crippen molar-refractivity contribution in [1.29, 1.82) is 0 Å². The summed E-state index contributed by atoms with van der Waals surface area (Å²) in [6.07, 6.45) is 2.48. The minimum atomic E-state index is -0.794. The molecule has 0 fully saturated rings. The molecule has 0 saturated heterocycles. The molecule has 1 aromatic rings. The summed E-state index contributed by atoms with van der Waals surface area (Å²) in [6.45, 7) is 8.53. The minimum absolute atomic E-state index is 0.00494. The Labute approximate surface area is 128 Å². The molecule has 1 rings (SSSR count). The van der Waals surface area contributed by atoms with E-state index < -0.39 is 10.8 Å². The molecule has 0 bridgehead atoms. The van der Waals surface area contributed by atoms with Crippen molar-refractivity contribution in [2.24, 2.45) is 0 Å². The lowest BCUT2D eigenvalue weighted by Gasteiger charge is -2.15. The number of hydrogen-bond acceptors (Lipinski definition) is 7. The lowest BCUT2D eigenvalue weighted by atomic mass is 10.3. The third kappa shape index (κ3) is 7.22. The van der Waals surface area contributed by atoms with E-state index in [1.54, 1.807) is 6.26 Å². The van der Waals surface area contributed by atoms with Crippen molar-refractivity contribution in [2.45, 2.75) is 46.3 Å². The van der Waals surface area contributed by atoms with Gasteiger partial charge in [-0.2, -0.15) is 15.0 Å². The number of aromatic nitrogens is 3. The van der Waals surface area contributed by atoms with E-state index in [2.05, 4.69) is 25.6 Å². The predicted octanol–water partition coefficient (Wildman–Crippen LogP) is 1.66. The quantitative estimate of drug-likeness (QED) is 0.716. The van der Waals surface area contributed by atoms with Crippen LogP contribution in [0.4, 0.5) is 11.9 Å². The van der Waals surface area contributed by atoms with Crippen molar-refractivity contribution >= 4 is 22.7 Å². The first kappa shape index (κ1) is 17.6. The second kappa shape index (κ2) is 8.76. The van der Waals surface area contributed by atoms with Crippen molar-refractivity contribution in [3.8, 4) is 6.01 Å². The molecule has 0 aliphatic rings. The fourth-order valence-corrected chi connectivity index (χ4v) is 2.24. The Morgan fingerprint density at radius 3 is 2.43 bits per heavy atom. The van der Waals surface area contributed by atoms with E-state index >= 15 is 0 Å². The van der Waals surface area contributed by atoms with Gasteiger partial charge in [-0.15, -0.1) is 0 Å². The zero-order chi connectivity index (χ0) is 15.8. The number of ether oxygens (including phenoxy) is 1. The zero-order valence-corrected chi connectivity index (χ0v) is 14.2. The topological polar surface area (TPSA) is 89.0 Å². The van der Waals surface area contributed by atoms with E-state index in [0.29, 0.717) is 23.7 Å². The Morgan fingerprint density at radius 2 is 1.86 bits per heavy atom. The van der Waals surface area contributed by atoms with Crippen molar-refractivity contribution in [3.05, 3.63) is 0 Å². The van der Waals surface area contributed by atoms with Gasteiger partial charge < -0.3 is 15.4 Å². The normalized spacial score (nSPS) is 13.8. The van der Waals surface area contributed by atoms with Gasteiger partial charge in [-0.3, -0.25) is 4.21 Å². The smallest absolute Gasteiger partial charge is 0.323 e. The Morgan fingerprint density at radius 1 is 1.19 bits per heavy atom. The number of rotatable bonds is 9. The van der Waals surface area contributed by atoms with Crippen LogP contribution in [0, 0.1) is 0 Å². The van der Waals surface area contributed by atoms with E-state index in [1.807, 2.05) is 27.7 Å². The average molecular weight is 315 g/mol. The van der Waals surface area contributed by atoms with Crippen LogP contribution in [0.15, 0.2) is 0 Å². The summed E-state index contributed by atoms with van der Waals surface area (Å²) in [6, 6.07) is 0.419. The highest BCUT2D eigenvalue weighted by Gasteiger charge is 2.11. The molecule has 0 aromatic carbocycles. The summed E-state index contributed by atoms with van der Waals surface area (Å²) in [4.78, 5) is 12.7. The van der Waals surface area contributed by atoms with Crippen LogP contribution in [-0.4, -0.2) is 49.9 Å². The van der Waals surface area contributed by atoms with Crippen LogP contribution < -0.4 is 15.4 Å². The summed E-state index contributed by atoms with van der Waals surface area (Å²) < 4.78 is 16.7. The molecule has 2 N–H and O–H groups in total. The summed E-state index contributed by atoms with van der Waals surface area (Å²) in [5.74, 6) is 1.59. The van der Waals surface area contributed by atoms with Gasteiger partial charge in [0.1, 0.15) is 0 Å². The van der Waals surface area contributed by atoms with Crippen LogP contribution in [-0.2, 0) is 10.8 Å². The molecule has 0 aliphatic heterocycles. The van der Waals surface area contributed by atoms with Gasteiger partial charge in [0.05, 0.1) is 6.10 Å². The Kier molecular flexibility index (Phi) is 7.35. The predicted molar refractivity (Wildman–Crippen MR) is 86.4 cm³/mol. The molecule has 0 radical (unpaired) electrons. The molecule has 0 saturated carbocycles. The van der Waals surface area contributed by atoms with Crippen LogP contribution in [0.25, 0.3) is 0 Å².